The van der Waals surface area contributed by atoms with E-state index in [1.54, 1.807) is 30.7 Å². The maximum Gasteiger partial charge on any atom is 0.227 e. The van der Waals surface area contributed by atoms with Gasteiger partial charge in [-0.3, -0.25) is 19.9 Å². The number of carbonyl (C=O) groups is 1. The predicted molar refractivity (Wildman–Crippen MR) is 168 cm³/mol. The number of nitrogens with two attached hydrogens (primary N) is 1. The molecule has 12 heteroatoms. The quantitative estimate of drug-likeness (QED) is 0.180. The van der Waals surface area contributed by atoms with Crippen molar-refractivity contribution in [1.29, 1.82) is 0 Å². The smallest absolute Gasteiger partial charge is 0.227 e. The first-order chi connectivity index (χ1) is 21.1. The van der Waals surface area contributed by atoms with E-state index in [4.69, 9.17) is 5.73 Å². The average Bonchev–Trinajstić information content (AvgIpc) is 3.59. The second-order valence-corrected chi connectivity index (χ2v) is 13.4. The number of pyridine rings is 2. The fourth-order valence-electron chi connectivity index (χ4n) is 5.55. The van der Waals surface area contributed by atoms with Crippen molar-refractivity contribution in [3.63, 3.8) is 0 Å². The molecule has 44 heavy (non-hydrogen) atoms. The minimum Gasteiger partial charge on any atom is -0.353 e. The first kappa shape index (κ1) is 27.9. The van der Waals surface area contributed by atoms with E-state index in [2.05, 4.69) is 30.5 Å². The minimum absolute atomic E-state index is 0.0307. The van der Waals surface area contributed by atoms with Crippen LogP contribution in [0.25, 0.3) is 55.6 Å². The first-order valence-electron chi connectivity index (χ1n) is 14.1. The first-order valence-corrected chi connectivity index (χ1v) is 16.1. The molecule has 0 aliphatic heterocycles. The van der Waals surface area contributed by atoms with Gasteiger partial charge in [-0.05, 0) is 72.5 Å². The van der Waals surface area contributed by atoms with Crippen LogP contribution in [-0.4, -0.2) is 45.7 Å². The molecule has 7 rings (SSSR count). The Kier molecular flexibility index (Phi) is 6.74. The van der Waals surface area contributed by atoms with Gasteiger partial charge in [0.1, 0.15) is 16.9 Å². The van der Waals surface area contributed by atoms with Gasteiger partial charge in [-0.15, -0.1) is 0 Å². The average molecular weight is 610 g/mol. The molecule has 5 N–H and O–H groups in total. The zero-order chi connectivity index (χ0) is 30.6. The van der Waals surface area contributed by atoms with Crippen molar-refractivity contribution in [2.75, 3.05) is 11.6 Å². The van der Waals surface area contributed by atoms with Crippen molar-refractivity contribution in [3.05, 3.63) is 84.6 Å². The maximum atomic E-state index is 14.7. The number of amides is 1. The number of aromatic nitrogens is 5. The highest BCUT2D eigenvalue weighted by atomic mass is 32.2. The lowest BCUT2D eigenvalue weighted by Crippen LogP contribution is -2.28. The van der Waals surface area contributed by atoms with Gasteiger partial charge in [0.2, 0.25) is 5.91 Å². The van der Waals surface area contributed by atoms with Gasteiger partial charge in [0.05, 0.1) is 28.8 Å². The van der Waals surface area contributed by atoms with E-state index in [9.17, 15) is 17.6 Å². The van der Waals surface area contributed by atoms with Crippen molar-refractivity contribution in [2.24, 2.45) is 11.7 Å². The van der Waals surface area contributed by atoms with Crippen LogP contribution in [0.5, 0.6) is 0 Å². The standard InChI is InChI=1S/C32H28FN7O3S/c1-44(42,43)31(34)20-9-19(10-22(33)11-20)29-25-14-28(38-26(25)7-8-36-29)30-24-13-18(5-6-27(24)39-40-30)21-12-23(16-35-15-21)37-32(41)17-3-2-4-17/h5-17,31,38H,2-4,34H2,1H3,(H,37,41)(H,39,40). The molecule has 0 saturated heterocycles. The van der Waals surface area contributed by atoms with Crippen LogP contribution in [0, 0.1) is 11.7 Å². The van der Waals surface area contributed by atoms with Crippen molar-refractivity contribution < 1.29 is 17.6 Å². The second-order valence-electron chi connectivity index (χ2n) is 11.2. The van der Waals surface area contributed by atoms with E-state index < -0.39 is 21.0 Å². The molecule has 2 aromatic carbocycles. The van der Waals surface area contributed by atoms with Gasteiger partial charge in [-0.25, -0.2) is 12.8 Å². The van der Waals surface area contributed by atoms with Gasteiger partial charge in [0.25, 0.3) is 0 Å². The Hall–Kier alpha value is -4.94. The topological polar surface area (TPSA) is 160 Å². The lowest BCUT2D eigenvalue weighted by molar-refractivity contribution is -0.122. The van der Waals surface area contributed by atoms with E-state index in [0.29, 0.717) is 33.7 Å². The summed E-state index contributed by atoms with van der Waals surface area (Å²) >= 11 is 0. The summed E-state index contributed by atoms with van der Waals surface area (Å²) in [6, 6.07) is 15.5. The third kappa shape index (κ3) is 5.12. The number of nitrogens with one attached hydrogen (secondary N) is 3. The summed E-state index contributed by atoms with van der Waals surface area (Å²) in [5.74, 6) is -0.509. The number of hydrogen-bond acceptors (Lipinski definition) is 7. The zero-order valence-electron chi connectivity index (χ0n) is 23.6. The summed E-state index contributed by atoms with van der Waals surface area (Å²) in [7, 11) is -3.64. The van der Waals surface area contributed by atoms with Crippen LogP contribution in [0.1, 0.15) is 30.2 Å². The van der Waals surface area contributed by atoms with Crippen LogP contribution in [0.15, 0.2) is 73.2 Å². The summed E-state index contributed by atoms with van der Waals surface area (Å²) in [4.78, 5) is 24.7. The number of anilines is 1. The lowest BCUT2D eigenvalue weighted by Gasteiger charge is -2.24. The molecule has 1 atom stereocenters. The highest BCUT2D eigenvalue weighted by molar-refractivity contribution is 7.90. The van der Waals surface area contributed by atoms with E-state index >= 15 is 0 Å². The molecule has 222 valence electrons. The van der Waals surface area contributed by atoms with Gasteiger partial charge >= 0.3 is 0 Å². The Labute approximate surface area is 251 Å². The number of aromatic amines is 2. The molecule has 0 radical (unpaired) electrons. The molecule has 10 nitrogen and oxygen atoms in total. The van der Waals surface area contributed by atoms with Gasteiger partial charge in [0.15, 0.2) is 9.84 Å². The highest BCUT2D eigenvalue weighted by Crippen LogP contribution is 2.36. The Morgan fingerprint density at radius 3 is 2.57 bits per heavy atom. The van der Waals surface area contributed by atoms with Crippen LogP contribution < -0.4 is 11.1 Å². The molecule has 4 heterocycles. The fraction of sp³-hybridized carbons (Fsp3) is 0.188. The van der Waals surface area contributed by atoms with Crippen LogP contribution in [-0.2, 0) is 14.6 Å². The minimum atomic E-state index is -3.64. The van der Waals surface area contributed by atoms with Gasteiger partial charge in [-0.2, -0.15) is 5.10 Å². The molecule has 0 bridgehead atoms. The van der Waals surface area contributed by atoms with Crippen LogP contribution >= 0.6 is 0 Å². The van der Waals surface area contributed by atoms with Crippen LogP contribution in [0.3, 0.4) is 0 Å². The molecule has 0 spiro atoms. The number of carbonyl (C=O) groups excluding carboxylic acids is 1. The number of sulfone groups is 1. The molecule has 1 aliphatic carbocycles. The number of halogens is 1. The van der Waals surface area contributed by atoms with Crippen molar-refractivity contribution in [2.45, 2.75) is 24.6 Å². The molecule has 1 saturated carbocycles. The fourth-order valence-corrected chi connectivity index (χ4v) is 6.18. The van der Waals surface area contributed by atoms with E-state index in [0.717, 1.165) is 59.1 Å². The highest BCUT2D eigenvalue weighted by Gasteiger charge is 2.25. The summed E-state index contributed by atoms with van der Waals surface area (Å²) in [6.45, 7) is 0. The van der Waals surface area contributed by atoms with E-state index in [1.807, 2.05) is 30.3 Å². The SMILES string of the molecule is CS(=O)(=O)C(N)c1cc(F)cc(-c2nccc3[nH]c(-c4n[nH]c5ccc(-c6cncc(NC(=O)C7CCC7)c6)cc45)cc23)c1. The summed E-state index contributed by atoms with van der Waals surface area (Å²) in [5.41, 5.74) is 12.3. The molecule has 4 aromatic heterocycles. The Balaban J connectivity index is 1.26. The number of nitrogens with zero attached hydrogens (tertiary/aromatic N) is 3. The Morgan fingerprint density at radius 2 is 1.80 bits per heavy atom. The molecule has 1 amide bonds. The molecule has 1 fully saturated rings. The lowest BCUT2D eigenvalue weighted by atomic mass is 9.85. The van der Waals surface area contributed by atoms with E-state index in [1.165, 1.54) is 6.07 Å². The van der Waals surface area contributed by atoms with Crippen LogP contribution in [0.4, 0.5) is 10.1 Å². The number of rotatable bonds is 7. The van der Waals surface area contributed by atoms with Gasteiger partial charge in [0, 0.05) is 52.0 Å². The summed E-state index contributed by atoms with van der Waals surface area (Å²) in [6.07, 6.45) is 8.95. The van der Waals surface area contributed by atoms with Crippen molar-refractivity contribution in [1.82, 2.24) is 25.1 Å². The normalized spacial score (nSPS) is 14.5. The number of fused-ring (bicyclic) bond motifs is 2. The largest absolute Gasteiger partial charge is 0.353 e. The number of H-pyrrole nitrogens is 2. The monoisotopic (exact) mass is 609 g/mol. The molecular weight excluding hydrogens is 581 g/mol. The van der Waals surface area contributed by atoms with E-state index in [-0.39, 0.29) is 17.4 Å². The Bertz CT molecular complexity index is 2190. The number of hydrogen-bond donors (Lipinski definition) is 4. The molecule has 1 aliphatic rings. The zero-order valence-corrected chi connectivity index (χ0v) is 24.5. The molecular formula is C32H28FN7O3S. The van der Waals surface area contributed by atoms with Crippen molar-refractivity contribution in [3.8, 4) is 33.8 Å². The third-order valence-corrected chi connectivity index (χ3v) is 9.36. The second kappa shape index (κ2) is 10.6. The summed E-state index contributed by atoms with van der Waals surface area (Å²) < 4.78 is 38.8. The maximum absolute atomic E-state index is 14.7. The van der Waals surface area contributed by atoms with Crippen LogP contribution in [0.2, 0.25) is 0 Å². The van der Waals surface area contributed by atoms with Gasteiger partial charge in [-0.1, -0.05) is 12.5 Å². The van der Waals surface area contributed by atoms with Gasteiger partial charge < -0.3 is 16.0 Å². The Morgan fingerprint density at radius 1 is 0.977 bits per heavy atom. The molecule has 6 aromatic rings. The number of benzene rings is 2. The summed E-state index contributed by atoms with van der Waals surface area (Å²) in [5, 5.41) is 10.8. The van der Waals surface area contributed by atoms with Crippen molar-refractivity contribution >= 4 is 43.2 Å². The third-order valence-electron chi connectivity index (χ3n) is 8.16. The molecule has 1 unspecified atom stereocenters. The predicted octanol–water partition coefficient (Wildman–Crippen LogP) is 5.71.